The summed E-state index contributed by atoms with van der Waals surface area (Å²) in [4.78, 5) is 4.74. The summed E-state index contributed by atoms with van der Waals surface area (Å²) in [6.07, 6.45) is 1.97. The fourth-order valence-electron chi connectivity index (χ4n) is 3.47. The molecule has 112 valence electrons. The van der Waals surface area contributed by atoms with Gasteiger partial charge in [0.05, 0.1) is 5.52 Å². The minimum Gasteiger partial charge on any atom is -0.255 e. The summed E-state index contributed by atoms with van der Waals surface area (Å²) in [6, 6.07) is 30.0. The van der Waals surface area contributed by atoms with Crippen molar-refractivity contribution in [1.82, 2.24) is 4.98 Å². The molecule has 1 aromatic heterocycles. The molecule has 0 N–H and O–H groups in total. The van der Waals surface area contributed by atoms with Gasteiger partial charge in [0, 0.05) is 22.4 Å². The molecule has 24 heavy (non-hydrogen) atoms. The number of pyridine rings is 1. The van der Waals surface area contributed by atoms with Crippen molar-refractivity contribution >= 4 is 32.4 Å². The van der Waals surface area contributed by atoms with Crippen LogP contribution in [0.4, 0.5) is 0 Å². The second-order valence-corrected chi connectivity index (χ2v) is 6.11. The van der Waals surface area contributed by atoms with Crippen molar-refractivity contribution in [2.24, 2.45) is 0 Å². The Morgan fingerprint density at radius 1 is 0.500 bits per heavy atom. The van der Waals surface area contributed by atoms with Crippen LogP contribution in [0.1, 0.15) is 0 Å². The summed E-state index contributed by atoms with van der Waals surface area (Å²) in [5.74, 6) is 0. The summed E-state index contributed by atoms with van der Waals surface area (Å²) in [7, 11) is 0. The predicted molar refractivity (Wildman–Crippen MR) is 102 cm³/mol. The number of hydrogen-bond donors (Lipinski definition) is 0. The molecule has 0 fully saturated rings. The molecule has 5 aromatic rings. The molecule has 0 spiro atoms. The van der Waals surface area contributed by atoms with Gasteiger partial charge in [-0.2, -0.15) is 0 Å². The molecule has 5 rings (SSSR count). The van der Waals surface area contributed by atoms with E-state index in [1.807, 2.05) is 12.3 Å². The fourth-order valence-corrected chi connectivity index (χ4v) is 3.47. The minimum absolute atomic E-state index is 1.07. The third-order valence-electron chi connectivity index (χ3n) is 4.68. The highest BCUT2D eigenvalue weighted by Gasteiger charge is 2.07. The first kappa shape index (κ1) is 13.3. The van der Waals surface area contributed by atoms with Crippen molar-refractivity contribution in [3.05, 3.63) is 91.1 Å². The highest BCUT2D eigenvalue weighted by Crippen LogP contribution is 2.31. The van der Waals surface area contributed by atoms with Gasteiger partial charge in [-0.25, -0.2) is 0 Å². The maximum atomic E-state index is 4.74. The molecule has 0 aliphatic heterocycles. The Hall–Kier alpha value is -3.19. The molecule has 0 bridgehead atoms. The van der Waals surface area contributed by atoms with Gasteiger partial charge in [-0.15, -0.1) is 0 Å². The topological polar surface area (TPSA) is 12.9 Å². The Bertz CT molecular complexity index is 1190. The zero-order valence-corrected chi connectivity index (χ0v) is 13.1. The van der Waals surface area contributed by atoms with Crippen LogP contribution >= 0.6 is 0 Å². The van der Waals surface area contributed by atoms with E-state index in [0.29, 0.717) is 0 Å². The van der Waals surface area contributed by atoms with E-state index < -0.39 is 0 Å². The van der Waals surface area contributed by atoms with E-state index in [0.717, 1.165) is 5.52 Å². The Morgan fingerprint density at radius 3 is 2.21 bits per heavy atom. The lowest BCUT2D eigenvalue weighted by Crippen LogP contribution is -1.85. The lowest BCUT2D eigenvalue weighted by atomic mass is 9.98. The molecular formula is C23H15N. The van der Waals surface area contributed by atoms with Crippen LogP contribution < -0.4 is 0 Å². The molecule has 4 aromatic carbocycles. The summed E-state index contributed by atoms with van der Waals surface area (Å²) in [5, 5.41) is 6.10. The molecule has 1 heterocycles. The van der Waals surface area contributed by atoms with Crippen LogP contribution in [0.3, 0.4) is 0 Å². The van der Waals surface area contributed by atoms with Crippen molar-refractivity contribution in [2.45, 2.75) is 0 Å². The van der Waals surface area contributed by atoms with Crippen LogP contribution in [-0.2, 0) is 0 Å². The van der Waals surface area contributed by atoms with E-state index in [4.69, 9.17) is 4.98 Å². The zero-order valence-electron chi connectivity index (χ0n) is 13.1. The zero-order chi connectivity index (χ0) is 15.9. The maximum Gasteiger partial charge on any atom is 0.0786 e. The number of rotatable bonds is 1. The second-order valence-electron chi connectivity index (χ2n) is 6.11. The lowest BCUT2D eigenvalue weighted by molar-refractivity contribution is 1.46. The van der Waals surface area contributed by atoms with Crippen molar-refractivity contribution in [1.29, 1.82) is 0 Å². The van der Waals surface area contributed by atoms with Gasteiger partial charge in [-0.1, -0.05) is 78.9 Å². The minimum atomic E-state index is 1.07. The van der Waals surface area contributed by atoms with Gasteiger partial charge in [0.1, 0.15) is 0 Å². The van der Waals surface area contributed by atoms with Crippen molar-refractivity contribution in [3.8, 4) is 11.1 Å². The molecule has 1 nitrogen and oxygen atoms in total. The average molecular weight is 305 g/mol. The van der Waals surface area contributed by atoms with Crippen LogP contribution in [0.5, 0.6) is 0 Å². The summed E-state index contributed by atoms with van der Waals surface area (Å²) in [5.41, 5.74) is 3.56. The van der Waals surface area contributed by atoms with E-state index in [2.05, 4.69) is 78.9 Å². The largest absolute Gasteiger partial charge is 0.255 e. The fraction of sp³-hybridized carbons (Fsp3) is 0. The highest BCUT2D eigenvalue weighted by atomic mass is 14.7. The molecule has 0 saturated heterocycles. The first-order valence-corrected chi connectivity index (χ1v) is 8.16. The Balaban J connectivity index is 1.81. The number of benzene rings is 4. The SMILES string of the molecule is c1ccc(-c2ccc3c(ccc4c5ccccc5cnc34)c2)cc1. The van der Waals surface area contributed by atoms with E-state index in [1.165, 1.54) is 38.1 Å². The molecule has 0 unspecified atom stereocenters. The van der Waals surface area contributed by atoms with Gasteiger partial charge in [0.15, 0.2) is 0 Å². The Morgan fingerprint density at radius 2 is 1.29 bits per heavy atom. The van der Waals surface area contributed by atoms with Crippen molar-refractivity contribution < 1.29 is 0 Å². The Kier molecular flexibility index (Phi) is 2.86. The van der Waals surface area contributed by atoms with Crippen LogP contribution in [0.25, 0.3) is 43.6 Å². The number of fused-ring (bicyclic) bond motifs is 5. The van der Waals surface area contributed by atoms with Crippen LogP contribution in [-0.4, -0.2) is 4.98 Å². The van der Waals surface area contributed by atoms with Crippen LogP contribution in [0.15, 0.2) is 91.1 Å². The van der Waals surface area contributed by atoms with Gasteiger partial charge in [-0.05, 0) is 28.0 Å². The molecule has 0 aliphatic rings. The van der Waals surface area contributed by atoms with E-state index in [-0.39, 0.29) is 0 Å². The van der Waals surface area contributed by atoms with Crippen molar-refractivity contribution in [3.63, 3.8) is 0 Å². The first-order chi connectivity index (χ1) is 11.9. The van der Waals surface area contributed by atoms with E-state index in [1.54, 1.807) is 0 Å². The Labute approximate surface area is 140 Å². The second kappa shape index (κ2) is 5.17. The van der Waals surface area contributed by atoms with E-state index in [9.17, 15) is 0 Å². The standard InChI is InChI=1S/C23H15N/c1-2-6-16(7-3-1)17-10-12-21-18(14-17)11-13-22-20-9-5-4-8-19(20)15-24-23(21)22/h1-15H. The molecule has 0 saturated carbocycles. The monoisotopic (exact) mass is 305 g/mol. The highest BCUT2D eigenvalue weighted by molar-refractivity contribution is 6.15. The summed E-state index contributed by atoms with van der Waals surface area (Å²) >= 11 is 0. The normalized spacial score (nSPS) is 11.3. The molecular weight excluding hydrogens is 290 g/mol. The molecule has 1 heteroatoms. The quantitative estimate of drug-likeness (QED) is 0.336. The molecule has 0 aliphatic carbocycles. The average Bonchev–Trinajstić information content (AvgIpc) is 2.67. The summed E-state index contributed by atoms with van der Waals surface area (Å²) in [6.45, 7) is 0. The number of hydrogen-bond acceptors (Lipinski definition) is 1. The number of aromatic nitrogens is 1. The van der Waals surface area contributed by atoms with Crippen molar-refractivity contribution in [2.75, 3.05) is 0 Å². The van der Waals surface area contributed by atoms with E-state index >= 15 is 0 Å². The molecule has 0 radical (unpaired) electrons. The predicted octanol–water partition coefficient (Wildman–Crippen LogP) is 6.21. The van der Waals surface area contributed by atoms with Crippen LogP contribution in [0.2, 0.25) is 0 Å². The molecule has 0 atom stereocenters. The summed E-state index contributed by atoms with van der Waals surface area (Å²) < 4.78 is 0. The molecule has 0 amide bonds. The third-order valence-corrected chi connectivity index (χ3v) is 4.68. The third kappa shape index (κ3) is 1.99. The lowest BCUT2D eigenvalue weighted by Gasteiger charge is -2.08. The van der Waals surface area contributed by atoms with Gasteiger partial charge in [0.25, 0.3) is 0 Å². The van der Waals surface area contributed by atoms with Gasteiger partial charge >= 0.3 is 0 Å². The van der Waals surface area contributed by atoms with Crippen LogP contribution in [0, 0.1) is 0 Å². The van der Waals surface area contributed by atoms with Gasteiger partial charge < -0.3 is 0 Å². The van der Waals surface area contributed by atoms with Gasteiger partial charge in [-0.3, -0.25) is 4.98 Å². The smallest absolute Gasteiger partial charge is 0.0786 e. The van der Waals surface area contributed by atoms with Gasteiger partial charge in [0.2, 0.25) is 0 Å². The first-order valence-electron chi connectivity index (χ1n) is 8.16. The maximum absolute atomic E-state index is 4.74. The number of nitrogens with zero attached hydrogens (tertiary/aromatic N) is 1.